The van der Waals surface area contributed by atoms with Crippen molar-refractivity contribution in [1.82, 2.24) is 4.72 Å². The summed E-state index contributed by atoms with van der Waals surface area (Å²) in [5.74, 6) is -0.633. The number of anilines is 1. The maximum atomic E-state index is 13.9. The molecule has 0 radical (unpaired) electrons. The lowest BCUT2D eigenvalue weighted by atomic mass is 10.1. The van der Waals surface area contributed by atoms with Gasteiger partial charge in [0.15, 0.2) is 11.6 Å². The van der Waals surface area contributed by atoms with Crippen molar-refractivity contribution in [3.63, 3.8) is 0 Å². The van der Waals surface area contributed by atoms with Gasteiger partial charge in [0, 0.05) is 25.3 Å². The van der Waals surface area contributed by atoms with E-state index >= 15 is 0 Å². The van der Waals surface area contributed by atoms with E-state index in [0.29, 0.717) is 13.0 Å². The Morgan fingerprint density at radius 1 is 1.11 bits per heavy atom. The molecule has 0 bridgehead atoms. The fourth-order valence-corrected chi connectivity index (χ4v) is 4.23. The van der Waals surface area contributed by atoms with Crippen LogP contribution in [0.3, 0.4) is 0 Å². The molecular weight excluding hydrogens is 367 g/mol. The van der Waals surface area contributed by atoms with E-state index in [1.165, 1.54) is 30.7 Å². The lowest BCUT2D eigenvalue weighted by Crippen LogP contribution is -2.26. The Bertz CT molecular complexity index is 863. The third-order valence-electron chi connectivity index (χ3n) is 4.63. The van der Waals surface area contributed by atoms with E-state index in [1.807, 2.05) is 12.1 Å². The van der Waals surface area contributed by atoms with Crippen LogP contribution < -0.4 is 14.4 Å². The SMILES string of the molecule is CCOc1ccc(S(=O)(=O)NCCc2ccc(N3CCCC3)cc2)cc1F. The maximum absolute atomic E-state index is 13.9. The average molecular weight is 392 g/mol. The molecule has 1 aliphatic heterocycles. The normalized spacial score (nSPS) is 14.5. The third-order valence-corrected chi connectivity index (χ3v) is 6.09. The van der Waals surface area contributed by atoms with E-state index in [-0.39, 0.29) is 17.2 Å². The number of nitrogens with one attached hydrogen (secondary N) is 1. The van der Waals surface area contributed by atoms with Gasteiger partial charge in [-0.25, -0.2) is 17.5 Å². The molecule has 1 aliphatic rings. The van der Waals surface area contributed by atoms with Crippen LogP contribution in [0.15, 0.2) is 47.4 Å². The van der Waals surface area contributed by atoms with Crippen LogP contribution >= 0.6 is 0 Å². The van der Waals surface area contributed by atoms with Crippen LogP contribution in [0, 0.1) is 5.82 Å². The third kappa shape index (κ3) is 4.99. The van der Waals surface area contributed by atoms with Gasteiger partial charge in [0.05, 0.1) is 11.5 Å². The van der Waals surface area contributed by atoms with Crippen LogP contribution in [0.5, 0.6) is 5.75 Å². The van der Waals surface area contributed by atoms with E-state index in [9.17, 15) is 12.8 Å². The van der Waals surface area contributed by atoms with Crippen LogP contribution in [0.25, 0.3) is 0 Å². The van der Waals surface area contributed by atoms with Crippen molar-refractivity contribution in [2.75, 3.05) is 31.1 Å². The maximum Gasteiger partial charge on any atom is 0.240 e. The van der Waals surface area contributed by atoms with Crippen LogP contribution in [0.4, 0.5) is 10.1 Å². The van der Waals surface area contributed by atoms with Gasteiger partial charge >= 0.3 is 0 Å². The number of nitrogens with zero attached hydrogens (tertiary/aromatic N) is 1. The van der Waals surface area contributed by atoms with E-state index in [2.05, 4.69) is 21.8 Å². The number of benzene rings is 2. The van der Waals surface area contributed by atoms with Crippen molar-refractivity contribution < 1.29 is 17.5 Å². The predicted molar refractivity (Wildman–Crippen MR) is 104 cm³/mol. The van der Waals surface area contributed by atoms with Crippen LogP contribution in [-0.4, -0.2) is 34.7 Å². The Morgan fingerprint density at radius 3 is 2.44 bits per heavy atom. The number of hydrogen-bond acceptors (Lipinski definition) is 4. The lowest BCUT2D eigenvalue weighted by molar-refractivity contribution is 0.321. The Labute approximate surface area is 160 Å². The summed E-state index contributed by atoms with van der Waals surface area (Å²) in [4.78, 5) is 2.25. The zero-order valence-corrected chi connectivity index (χ0v) is 16.3. The number of hydrogen-bond donors (Lipinski definition) is 1. The molecule has 5 nitrogen and oxygen atoms in total. The van der Waals surface area contributed by atoms with Crippen molar-refractivity contribution in [1.29, 1.82) is 0 Å². The molecular formula is C20H25FN2O3S. The zero-order valence-electron chi connectivity index (χ0n) is 15.4. The molecule has 0 amide bonds. The standard InChI is InChI=1S/C20H25FN2O3S/c1-2-26-20-10-9-18(15-19(20)21)27(24,25)22-12-11-16-5-7-17(8-6-16)23-13-3-4-14-23/h5-10,15,22H,2-4,11-14H2,1H3. The summed E-state index contributed by atoms with van der Waals surface area (Å²) in [6.07, 6.45) is 3.03. The second-order valence-electron chi connectivity index (χ2n) is 6.53. The van der Waals surface area contributed by atoms with Crippen molar-refractivity contribution in [2.24, 2.45) is 0 Å². The van der Waals surface area contributed by atoms with Crippen LogP contribution in [-0.2, 0) is 16.4 Å². The highest BCUT2D eigenvalue weighted by molar-refractivity contribution is 7.89. The summed E-state index contributed by atoms with van der Waals surface area (Å²) in [5, 5.41) is 0. The summed E-state index contributed by atoms with van der Waals surface area (Å²) in [7, 11) is -3.76. The summed E-state index contributed by atoms with van der Waals surface area (Å²) in [6, 6.07) is 11.9. The Kier molecular flexibility index (Phi) is 6.34. The monoisotopic (exact) mass is 392 g/mol. The molecule has 7 heteroatoms. The first-order valence-corrected chi connectivity index (χ1v) is 10.7. The van der Waals surface area contributed by atoms with E-state index < -0.39 is 15.8 Å². The predicted octanol–water partition coefficient (Wildman–Crippen LogP) is 3.35. The van der Waals surface area contributed by atoms with Gasteiger partial charge in [-0.05, 0) is 62.1 Å². The van der Waals surface area contributed by atoms with E-state index in [0.717, 1.165) is 24.7 Å². The number of ether oxygens (including phenoxy) is 1. The van der Waals surface area contributed by atoms with Gasteiger partial charge in [-0.3, -0.25) is 0 Å². The lowest BCUT2D eigenvalue weighted by Gasteiger charge is -2.17. The van der Waals surface area contributed by atoms with Gasteiger partial charge < -0.3 is 9.64 Å². The fraction of sp³-hybridized carbons (Fsp3) is 0.400. The van der Waals surface area contributed by atoms with E-state index in [4.69, 9.17) is 4.74 Å². The highest BCUT2D eigenvalue weighted by Gasteiger charge is 2.16. The van der Waals surface area contributed by atoms with Gasteiger partial charge in [0.1, 0.15) is 0 Å². The molecule has 1 heterocycles. The minimum atomic E-state index is -3.76. The minimum Gasteiger partial charge on any atom is -0.491 e. The quantitative estimate of drug-likeness (QED) is 0.749. The molecule has 0 atom stereocenters. The Hall–Kier alpha value is -2.12. The molecule has 27 heavy (non-hydrogen) atoms. The molecule has 1 saturated heterocycles. The number of sulfonamides is 1. The topological polar surface area (TPSA) is 58.6 Å². The number of halogens is 1. The van der Waals surface area contributed by atoms with Gasteiger partial charge in [0.2, 0.25) is 10.0 Å². The van der Waals surface area contributed by atoms with Gasteiger partial charge in [-0.15, -0.1) is 0 Å². The minimum absolute atomic E-state index is 0.0505. The van der Waals surface area contributed by atoms with Crippen LogP contribution in [0.1, 0.15) is 25.3 Å². The van der Waals surface area contributed by atoms with Gasteiger partial charge in [-0.1, -0.05) is 12.1 Å². The summed E-state index contributed by atoms with van der Waals surface area (Å²) >= 11 is 0. The molecule has 3 rings (SSSR count). The molecule has 2 aromatic rings. The highest BCUT2D eigenvalue weighted by Crippen LogP contribution is 2.22. The second kappa shape index (κ2) is 8.71. The molecule has 1 N–H and O–H groups in total. The van der Waals surface area contributed by atoms with Gasteiger partial charge in [0.25, 0.3) is 0 Å². The van der Waals surface area contributed by atoms with E-state index in [1.54, 1.807) is 6.92 Å². The molecule has 0 saturated carbocycles. The molecule has 0 aromatic heterocycles. The zero-order chi connectivity index (χ0) is 19.3. The fourth-order valence-electron chi connectivity index (χ4n) is 3.18. The molecule has 2 aromatic carbocycles. The van der Waals surface area contributed by atoms with Gasteiger partial charge in [-0.2, -0.15) is 0 Å². The summed E-state index contributed by atoms with van der Waals surface area (Å²) in [6.45, 7) is 4.50. The Morgan fingerprint density at radius 2 is 1.81 bits per heavy atom. The molecule has 0 aliphatic carbocycles. The van der Waals surface area contributed by atoms with Crippen molar-refractivity contribution in [2.45, 2.75) is 31.1 Å². The molecule has 0 spiro atoms. The molecule has 146 valence electrons. The Balaban J connectivity index is 1.56. The summed E-state index contributed by atoms with van der Waals surface area (Å²) in [5.41, 5.74) is 2.26. The van der Waals surface area contributed by atoms with Crippen molar-refractivity contribution in [3.8, 4) is 5.75 Å². The first-order valence-electron chi connectivity index (χ1n) is 9.25. The largest absolute Gasteiger partial charge is 0.491 e. The van der Waals surface area contributed by atoms with Crippen LogP contribution in [0.2, 0.25) is 0 Å². The molecule has 1 fully saturated rings. The summed E-state index contributed by atoms with van der Waals surface area (Å²) < 4.78 is 46.2. The first-order chi connectivity index (χ1) is 13.0. The first kappa shape index (κ1) is 19.6. The molecule has 0 unspecified atom stereocenters. The second-order valence-corrected chi connectivity index (χ2v) is 8.30. The van der Waals surface area contributed by atoms with Crippen molar-refractivity contribution in [3.05, 3.63) is 53.8 Å². The average Bonchev–Trinajstić information content (AvgIpc) is 3.19. The van der Waals surface area contributed by atoms with Crippen molar-refractivity contribution >= 4 is 15.7 Å². The smallest absolute Gasteiger partial charge is 0.240 e. The highest BCUT2D eigenvalue weighted by atomic mass is 32.2. The number of rotatable bonds is 8.